The van der Waals surface area contributed by atoms with Gasteiger partial charge in [0.05, 0.1) is 22.3 Å². The van der Waals surface area contributed by atoms with E-state index in [1.54, 1.807) is 30.7 Å². The van der Waals surface area contributed by atoms with Crippen molar-refractivity contribution >= 4 is 28.7 Å². The Bertz CT molecular complexity index is 576. The van der Waals surface area contributed by atoms with Crippen molar-refractivity contribution < 1.29 is 4.79 Å². The molecule has 2 aromatic heterocycles. The second-order valence-corrected chi connectivity index (χ2v) is 5.98. The molecule has 0 aliphatic heterocycles. The number of carbonyl (C=O) groups excluding carboxylic acids is 1. The molecule has 1 unspecified atom stereocenters. The highest BCUT2D eigenvalue weighted by atomic mass is 35.5. The minimum absolute atomic E-state index is 0.0183. The molecule has 0 bridgehead atoms. The number of hydrogen-bond acceptors (Lipinski definition) is 4. The van der Waals surface area contributed by atoms with Crippen LogP contribution in [0.3, 0.4) is 0 Å². The first-order valence-corrected chi connectivity index (χ1v) is 6.83. The predicted octanol–water partition coefficient (Wildman–Crippen LogP) is 3.31. The maximum Gasteiger partial charge on any atom is 0.179 e. The maximum absolute atomic E-state index is 11.3. The summed E-state index contributed by atoms with van der Waals surface area (Å²) in [5.41, 5.74) is 0.584. The summed E-state index contributed by atoms with van der Waals surface area (Å²) in [7, 11) is 0. The molecule has 0 fully saturated rings. The van der Waals surface area contributed by atoms with Crippen molar-refractivity contribution in [3.8, 4) is 0 Å². The van der Waals surface area contributed by atoms with E-state index >= 15 is 0 Å². The summed E-state index contributed by atoms with van der Waals surface area (Å²) in [6.45, 7) is 5.52. The number of thiazole rings is 1. The first-order valence-electron chi connectivity index (χ1n) is 5.64. The normalized spacial score (nSPS) is 12.7. The number of rotatable bonds is 4. The minimum atomic E-state index is 0.0183. The van der Waals surface area contributed by atoms with E-state index in [1.165, 1.54) is 0 Å². The number of aromatic nitrogens is 3. The van der Waals surface area contributed by atoms with Gasteiger partial charge in [-0.05, 0) is 13.8 Å². The maximum atomic E-state index is 11.3. The Morgan fingerprint density at radius 1 is 1.61 bits per heavy atom. The van der Waals surface area contributed by atoms with E-state index in [0.29, 0.717) is 10.7 Å². The Morgan fingerprint density at radius 3 is 2.83 bits per heavy atom. The van der Waals surface area contributed by atoms with Crippen molar-refractivity contribution in [3.63, 3.8) is 0 Å². The molecular formula is C12H14ClN3OS. The molecule has 0 aliphatic rings. The van der Waals surface area contributed by atoms with Crippen molar-refractivity contribution in [1.29, 1.82) is 0 Å². The average molecular weight is 284 g/mol. The molecule has 2 aromatic rings. The lowest BCUT2D eigenvalue weighted by Crippen LogP contribution is -2.08. The third kappa shape index (κ3) is 2.79. The van der Waals surface area contributed by atoms with Gasteiger partial charge in [-0.3, -0.25) is 9.48 Å². The first kappa shape index (κ1) is 13.2. The lowest BCUT2D eigenvalue weighted by atomic mass is 10.2. The van der Waals surface area contributed by atoms with Crippen LogP contribution in [0.5, 0.6) is 0 Å². The zero-order valence-corrected chi connectivity index (χ0v) is 12.0. The van der Waals surface area contributed by atoms with E-state index < -0.39 is 0 Å². The molecule has 0 radical (unpaired) electrons. The number of nitrogens with zero attached hydrogens (tertiary/aromatic N) is 3. The highest BCUT2D eigenvalue weighted by molar-refractivity contribution is 7.11. The van der Waals surface area contributed by atoms with Crippen LogP contribution < -0.4 is 0 Å². The zero-order valence-electron chi connectivity index (χ0n) is 10.5. The number of aryl methyl sites for hydroxylation is 1. The minimum Gasteiger partial charge on any atom is -0.293 e. The van der Waals surface area contributed by atoms with Crippen LogP contribution in [0.15, 0.2) is 12.4 Å². The molecule has 4 nitrogen and oxygen atoms in total. The van der Waals surface area contributed by atoms with Crippen molar-refractivity contribution in [2.45, 2.75) is 33.2 Å². The molecule has 0 amide bonds. The average Bonchev–Trinajstić information content (AvgIpc) is 2.85. The SMILES string of the molecule is CC(=O)c1nc(CC(C)n2cc(Cl)cn2)sc1C. The van der Waals surface area contributed by atoms with Crippen molar-refractivity contribution in [3.05, 3.63) is 33.0 Å². The van der Waals surface area contributed by atoms with Gasteiger partial charge in [-0.15, -0.1) is 11.3 Å². The number of halogens is 1. The van der Waals surface area contributed by atoms with Crippen LogP contribution in [0, 0.1) is 6.92 Å². The monoisotopic (exact) mass is 283 g/mol. The van der Waals surface area contributed by atoms with Crippen LogP contribution in [-0.2, 0) is 6.42 Å². The van der Waals surface area contributed by atoms with E-state index in [-0.39, 0.29) is 11.8 Å². The third-order valence-corrected chi connectivity index (χ3v) is 3.85. The molecule has 2 rings (SSSR count). The molecule has 0 spiro atoms. The quantitative estimate of drug-likeness (QED) is 0.809. The van der Waals surface area contributed by atoms with Crippen molar-refractivity contribution in [1.82, 2.24) is 14.8 Å². The van der Waals surface area contributed by atoms with Gasteiger partial charge in [0.25, 0.3) is 0 Å². The van der Waals surface area contributed by atoms with Gasteiger partial charge in [0, 0.05) is 24.4 Å². The summed E-state index contributed by atoms with van der Waals surface area (Å²) >= 11 is 7.40. The van der Waals surface area contributed by atoms with Gasteiger partial charge in [0.15, 0.2) is 5.78 Å². The number of Topliss-reactive ketones (excluding diaryl/α,β-unsaturated/α-hetero) is 1. The Kier molecular flexibility index (Phi) is 3.82. The number of ketones is 1. The molecule has 0 N–H and O–H groups in total. The third-order valence-electron chi connectivity index (χ3n) is 2.67. The summed E-state index contributed by atoms with van der Waals surface area (Å²) in [5.74, 6) is 0.0183. The van der Waals surface area contributed by atoms with Gasteiger partial charge in [-0.25, -0.2) is 4.98 Å². The Morgan fingerprint density at radius 2 is 2.33 bits per heavy atom. The van der Waals surface area contributed by atoms with Crippen LogP contribution in [0.2, 0.25) is 5.02 Å². The van der Waals surface area contributed by atoms with Crippen LogP contribution in [-0.4, -0.2) is 20.5 Å². The summed E-state index contributed by atoms with van der Waals surface area (Å²) < 4.78 is 1.81. The smallest absolute Gasteiger partial charge is 0.179 e. The molecule has 6 heteroatoms. The summed E-state index contributed by atoms with van der Waals surface area (Å²) in [4.78, 5) is 16.7. The molecule has 1 atom stereocenters. The molecule has 18 heavy (non-hydrogen) atoms. The highest BCUT2D eigenvalue weighted by Gasteiger charge is 2.15. The molecular weight excluding hydrogens is 270 g/mol. The van der Waals surface area contributed by atoms with Gasteiger partial charge in [-0.2, -0.15) is 5.10 Å². The predicted molar refractivity (Wildman–Crippen MR) is 72.5 cm³/mol. The fraction of sp³-hybridized carbons (Fsp3) is 0.417. The lowest BCUT2D eigenvalue weighted by Gasteiger charge is -2.09. The van der Waals surface area contributed by atoms with Crippen molar-refractivity contribution in [2.24, 2.45) is 0 Å². The Balaban J connectivity index is 2.14. The Hall–Kier alpha value is -1.20. The summed E-state index contributed by atoms with van der Waals surface area (Å²) in [6, 6.07) is 0.169. The summed E-state index contributed by atoms with van der Waals surface area (Å²) in [6.07, 6.45) is 4.15. The van der Waals surface area contributed by atoms with Gasteiger partial charge >= 0.3 is 0 Å². The van der Waals surface area contributed by atoms with E-state index in [0.717, 1.165) is 16.3 Å². The van der Waals surface area contributed by atoms with Gasteiger partial charge in [-0.1, -0.05) is 11.6 Å². The fourth-order valence-corrected chi connectivity index (χ4v) is 3.01. The number of hydrogen-bond donors (Lipinski definition) is 0. The highest BCUT2D eigenvalue weighted by Crippen LogP contribution is 2.22. The topological polar surface area (TPSA) is 47.8 Å². The standard InChI is InChI=1S/C12H14ClN3OS/c1-7(16-6-10(13)5-14-16)4-11-15-12(8(2)17)9(3)18-11/h5-7H,4H2,1-3H3. The lowest BCUT2D eigenvalue weighted by molar-refractivity contribution is 0.101. The van der Waals surface area contributed by atoms with Gasteiger partial charge < -0.3 is 0 Å². The largest absolute Gasteiger partial charge is 0.293 e. The molecule has 0 saturated heterocycles. The van der Waals surface area contributed by atoms with E-state index in [1.807, 2.05) is 18.5 Å². The van der Waals surface area contributed by atoms with E-state index in [2.05, 4.69) is 10.1 Å². The van der Waals surface area contributed by atoms with Gasteiger partial charge in [0.1, 0.15) is 5.69 Å². The molecule has 0 saturated carbocycles. The van der Waals surface area contributed by atoms with Gasteiger partial charge in [0.2, 0.25) is 0 Å². The summed E-state index contributed by atoms with van der Waals surface area (Å²) in [5, 5.41) is 5.75. The van der Waals surface area contributed by atoms with Crippen molar-refractivity contribution in [2.75, 3.05) is 0 Å². The van der Waals surface area contributed by atoms with Crippen LogP contribution in [0.1, 0.15) is 40.3 Å². The van der Waals surface area contributed by atoms with Crippen LogP contribution in [0.4, 0.5) is 0 Å². The van der Waals surface area contributed by atoms with E-state index in [9.17, 15) is 4.79 Å². The first-order chi connectivity index (χ1) is 8.47. The zero-order chi connectivity index (χ0) is 13.3. The second-order valence-electron chi connectivity index (χ2n) is 4.26. The van der Waals surface area contributed by atoms with E-state index in [4.69, 9.17) is 11.6 Å². The fourth-order valence-electron chi connectivity index (χ4n) is 1.77. The molecule has 0 aliphatic carbocycles. The molecule has 2 heterocycles. The van der Waals surface area contributed by atoms with Crippen LogP contribution >= 0.6 is 22.9 Å². The second kappa shape index (κ2) is 5.20. The number of carbonyl (C=O) groups is 1. The Labute approximate surface area is 115 Å². The van der Waals surface area contributed by atoms with Crippen LogP contribution in [0.25, 0.3) is 0 Å². The molecule has 0 aromatic carbocycles. The molecule has 96 valence electrons.